The van der Waals surface area contributed by atoms with Gasteiger partial charge in [-0.1, -0.05) is 43.6 Å². The molecule has 0 aliphatic heterocycles. The van der Waals surface area contributed by atoms with Crippen LogP contribution in [0.5, 0.6) is 0 Å². The highest BCUT2D eigenvalue weighted by Crippen LogP contribution is 2.39. The highest BCUT2D eigenvalue weighted by atomic mass is 79.9. The second-order valence-electron chi connectivity index (χ2n) is 7.34. The number of hydrogen-bond donors (Lipinski definition) is 1. The first-order valence-electron chi connectivity index (χ1n) is 7.64. The van der Waals surface area contributed by atoms with Crippen LogP contribution in [0.1, 0.15) is 66.7 Å². The quantitative estimate of drug-likeness (QED) is 0.754. The summed E-state index contributed by atoms with van der Waals surface area (Å²) >= 11 is 3.54. The van der Waals surface area contributed by atoms with Gasteiger partial charge in [0, 0.05) is 16.8 Å². The lowest BCUT2D eigenvalue weighted by Crippen LogP contribution is -2.40. The number of alkyl halides is 1. The van der Waals surface area contributed by atoms with Crippen LogP contribution in [0.2, 0.25) is 0 Å². The maximum absolute atomic E-state index is 12.2. The third-order valence-electron chi connectivity index (χ3n) is 4.39. The van der Waals surface area contributed by atoms with Crippen LogP contribution in [0, 0.1) is 17.3 Å². The van der Waals surface area contributed by atoms with Crippen molar-refractivity contribution in [3.8, 4) is 0 Å². The zero-order valence-electron chi connectivity index (χ0n) is 13.1. The van der Waals surface area contributed by atoms with E-state index in [1.807, 2.05) is 0 Å². The van der Waals surface area contributed by atoms with Crippen LogP contribution in [0.25, 0.3) is 0 Å². The number of halogens is 1. The van der Waals surface area contributed by atoms with Crippen molar-refractivity contribution in [3.05, 3.63) is 0 Å². The highest BCUT2D eigenvalue weighted by Gasteiger charge is 2.32. The topological polar surface area (TPSA) is 29.1 Å². The van der Waals surface area contributed by atoms with Crippen LogP contribution in [0.3, 0.4) is 0 Å². The number of amides is 1. The van der Waals surface area contributed by atoms with Gasteiger partial charge in [0.05, 0.1) is 0 Å². The molecule has 112 valence electrons. The molecule has 0 aromatic rings. The van der Waals surface area contributed by atoms with Crippen LogP contribution in [0.15, 0.2) is 0 Å². The van der Waals surface area contributed by atoms with Gasteiger partial charge in [-0.25, -0.2) is 0 Å². The molecule has 1 fully saturated rings. The van der Waals surface area contributed by atoms with Crippen molar-refractivity contribution < 1.29 is 4.79 Å². The number of hydrogen-bond acceptors (Lipinski definition) is 1. The van der Waals surface area contributed by atoms with E-state index in [9.17, 15) is 4.79 Å². The molecular weight excluding hydrogens is 302 g/mol. The number of carbonyl (C=O) groups is 1. The van der Waals surface area contributed by atoms with E-state index in [0.29, 0.717) is 10.2 Å². The van der Waals surface area contributed by atoms with E-state index in [-0.39, 0.29) is 17.9 Å². The van der Waals surface area contributed by atoms with Crippen LogP contribution >= 0.6 is 15.9 Å². The monoisotopic (exact) mass is 331 g/mol. The summed E-state index contributed by atoms with van der Waals surface area (Å²) in [6.45, 7) is 11.2. The van der Waals surface area contributed by atoms with Crippen LogP contribution in [-0.4, -0.2) is 16.8 Å². The molecule has 0 aromatic heterocycles. The SMILES string of the molecule is CC(Br)CC(C)NC(=O)C1CCC(C(C)(C)C)CC1. The zero-order chi connectivity index (χ0) is 14.6. The maximum Gasteiger partial charge on any atom is 0.223 e. The fourth-order valence-electron chi connectivity index (χ4n) is 3.13. The molecule has 1 saturated carbocycles. The van der Waals surface area contributed by atoms with Gasteiger partial charge < -0.3 is 5.32 Å². The second kappa shape index (κ2) is 7.10. The van der Waals surface area contributed by atoms with Gasteiger partial charge in [0.25, 0.3) is 0 Å². The summed E-state index contributed by atoms with van der Waals surface area (Å²) in [5, 5.41) is 3.17. The molecule has 2 unspecified atom stereocenters. The fraction of sp³-hybridized carbons (Fsp3) is 0.938. The highest BCUT2D eigenvalue weighted by molar-refractivity contribution is 9.09. The van der Waals surface area contributed by atoms with Gasteiger partial charge in [-0.05, 0) is 50.4 Å². The van der Waals surface area contributed by atoms with Crippen molar-refractivity contribution >= 4 is 21.8 Å². The molecular formula is C16H30BrNO. The average molecular weight is 332 g/mol. The minimum atomic E-state index is 0.242. The molecule has 2 atom stereocenters. The lowest BCUT2D eigenvalue weighted by atomic mass is 9.69. The third-order valence-corrected chi connectivity index (χ3v) is 4.76. The van der Waals surface area contributed by atoms with Gasteiger partial charge in [0.1, 0.15) is 0 Å². The first-order chi connectivity index (χ1) is 8.70. The predicted octanol–water partition coefficient (Wildman–Crippen LogP) is 4.52. The van der Waals surface area contributed by atoms with E-state index >= 15 is 0 Å². The molecule has 2 nitrogen and oxygen atoms in total. The molecule has 0 spiro atoms. The molecule has 3 heteroatoms. The Balaban J connectivity index is 2.37. The first kappa shape index (κ1) is 17.0. The summed E-state index contributed by atoms with van der Waals surface area (Å²) in [7, 11) is 0. The normalized spacial score (nSPS) is 27.7. The number of nitrogens with one attached hydrogen (secondary N) is 1. The molecule has 1 aliphatic carbocycles. The lowest BCUT2D eigenvalue weighted by molar-refractivity contribution is -0.127. The Kier molecular flexibility index (Phi) is 6.35. The summed E-state index contributed by atoms with van der Waals surface area (Å²) in [4.78, 5) is 12.7. The third kappa shape index (κ3) is 5.85. The Labute approximate surface area is 127 Å². The van der Waals surface area contributed by atoms with Crippen molar-refractivity contribution in [2.45, 2.75) is 77.6 Å². The minimum absolute atomic E-state index is 0.242. The van der Waals surface area contributed by atoms with Crippen molar-refractivity contribution in [1.29, 1.82) is 0 Å². The van der Waals surface area contributed by atoms with Gasteiger partial charge in [-0.3, -0.25) is 4.79 Å². The zero-order valence-corrected chi connectivity index (χ0v) is 14.7. The van der Waals surface area contributed by atoms with Gasteiger partial charge >= 0.3 is 0 Å². The van der Waals surface area contributed by atoms with E-state index in [0.717, 1.165) is 25.2 Å². The summed E-state index contributed by atoms with van der Waals surface area (Å²) in [5.41, 5.74) is 0.389. The summed E-state index contributed by atoms with van der Waals surface area (Å²) in [6.07, 6.45) is 5.51. The summed E-state index contributed by atoms with van der Waals surface area (Å²) in [5.74, 6) is 1.29. The largest absolute Gasteiger partial charge is 0.353 e. The second-order valence-corrected chi connectivity index (χ2v) is 8.90. The Hall–Kier alpha value is -0.0500. The molecule has 0 saturated heterocycles. The molecule has 1 aliphatic rings. The molecule has 19 heavy (non-hydrogen) atoms. The average Bonchev–Trinajstić information content (AvgIpc) is 2.26. The Morgan fingerprint density at radius 2 is 1.74 bits per heavy atom. The van der Waals surface area contributed by atoms with Crippen LogP contribution in [-0.2, 0) is 4.79 Å². The van der Waals surface area contributed by atoms with Crippen molar-refractivity contribution in [2.75, 3.05) is 0 Å². The Bertz CT molecular complexity index is 288. The van der Waals surface area contributed by atoms with Gasteiger partial charge in [-0.15, -0.1) is 0 Å². The number of rotatable bonds is 4. The summed E-state index contributed by atoms with van der Waals surface area (Å²) < 4.78 is 0. The molecule has 1 rings (SSSR count). The first-order valence-corrected chi connectivity index (χ1v) is 8.56. The minimum Gasteiger partial charge on any atom is -0.353 e. The molecule has 1 amide bonds. The summed E-state index contributed by atoms with van der Waals surface area (Å²) in [6, 6.07) is 0.266. The van der Waals surface area contributed by atoms with E-state index in [1.54, 1.807) is 0 Å². The predicted molar refractivity (Wildman–Crippen MR) is 85.5 cm³/mol. The molecule has 0 heterocycles. The van der Waals surface area contributed by atoms with Crippen LogP contribution < -0.4 is 5.32 Å². The van der Waals surface area contributed by atoms with Crippen molar-refractivity contribution in [3.63, 3.8) is 0 Å². The number of carbonyl (C=O) groups excluding carboxylic acids is 1. The van der Waals surface area contributed by atoms with Gasteiger partial charge in [0.2, 0.25) is 5.91 Å². The smallest absolute Gasteiger partial charge is 0.223 e. The van der Waals surface area contributed by atoms with E-state index in [1.165, 1.54) is 12.8 Å². The van der Waals surface area contributed by atoms with Crippen LogP contribution in [0.4, 0.5) is 0 Å². The maximum atomic E-state index is 12.2. The van der Waals surface area contributed by atoms with Crippen molar-refractivity contribution in [2.24, 2.45) is 17.3 Å². The van der Waals surface area contributed by atoms with Gasteiger partial charge in [-0.2, -0.15) is 0 Å². The van der Waals surface area contributed by atoms with E-state index in [4.69, 9.17) is 0 Å². The Morgan fingerprint density at radius 3 is 2.16 bits per heavy atom. The molecule has 0 aromatic carbocycles. The van der Waals surface area contributed by atoms with E-state index in [2.05, 4.69) is 55.9 Å². The molecule has 0 radical (unpaired) electrons. The molecule has 0 bridgehead atoms. The van der Waals surface area contributed by atoms with E-state index < -0.39 is 0 Å². The fourth-order valence-corrected chi connectivity index (χ4v) is 3.69. The van der Waals surface area contributed by atoms with Gasteiger partial charge in [0.15, 0.2) is 0 Å². The standard InChI is InChI=1S/C16H30BrNO/c1-11(17)10-12(2)18-15(19)13-6-8-14(9-7-13)16(3,4)5/h11-14H,6-10H2,1-5H3,(H,18,19). The van der Waals surface area contributed by atoms with Crippen molar-refractivity contribution in [1.82, 2.24) is 5.32 Å². The Morgan fingerprint density at radius 1 is 1.21 bits per heavy atom. The lowest BCUT2D eigenvalue weighted by Gasteiger charge is -2.36. The molecule has 1 N–H and O–H groups in total.